The van der Waals surface area contributed by atoms with Crippen molar-refractivity contribution in [3.63, 3.8) is 0 Å². The van der Waals surface area contributed by atoms with Crippen LogP contribution in [0.15, 0.2) is 42.5 Å². The lowest BCUT2D eigenvalue weighted by atomic mass is 10.1. The number of rotatable bonds is 7. The van der Waals surface area contributed by atoms with E-state index in [2.05, 4.69) is 0 Å². The van der Waals surface area contributed by atoms with Gasteiger partial charge in [0.05, 0.1) is 19.8 Å². The Bertz CT molecular complexity index is 916. The molecule has 0 N–H and O–H groups in total. The Hall–Kier alpha value is -3.28. The molecule has 0 unspecified atom stereocenters. The fourth-order valence-corrected chi connectivity index (χ4v) is 2.85. The molecule has 0 bridgehead atoms. The van der Waals surface area contributed by atoms with Gasteiger partial charge in [0.1, 0.15) is 12.4 Å². The number of hydrogen-bond donors (Lipinski definition) is 0. The second kappa shape index (κ2) is 9.78. The summed E-state index contributed by atoms with van der Waals surface area (Å²) in [7, 11) is 0. The van der Waals surface area contributed by atoms with Crippen LogP contribution in [0.3, 0.4) is 0 Å². The molecule has 0 spiro atoms. The topological polar surface area (TPSA) is 71.1 Å². The number of benzene rings is 2. The molecule has 0 radical (unpaired) electrons. The fourth-order valence-electron chi connectivity index (χ4n) is 2.85. The van der Waals surface area contributed by atoms with Crippen molar-refractivity contribution in [3.05, 3.63) is 59.2 Å². The number of carbonyl (C=O) groups excluding carboxylic acids is 2. The number of Topliss-reactive ketones (excluding diaryl/α,β-unsaturated/α-hetero) is 1. The molecule has 3 rings (SSSR count). The summed E-state index contributed by atoms with van der Waals surface area (Å²) in [6.07, 6.45) is 3.85. The molecule has 2 aromatic carbocycles. The maximum Gasteiger partial charge on any atom is 0.331 e. The van der Waals surface area contributed by atoms with E-state index in [4.69, 9.17) is 18.9 Å². The zero-order valence-electron chi connectivity index (χ0n) is 16.6. The van der Waals surface area contributed by atoms with E-state index in [0.29, 0.717) is 48.2 Å². The summed E-state index contributed by atoms with van der Waals surface area (Å²) >= 11 is 0. The average Bonchev–Trinajstić information content (AvgIpc) is 2.96. The SMILES string of the molecule is CCOc1ccc(C(C)=O)cc1COC(=O)/C=C/c1ccc2c(c1)OCCCO2. The van der Waals surface area contributed by atoms with Crippen LogP contribution in [0.2, 0.25) is 0 Å². The molecule has 0 aliphatic carbocycles. The van der Waals surface area contributed by atoms with E-state index in [1.807, 2.05) is 25.1 Å². The molecular weight excluding hydrogens is 372 g/mol. The van der Waals surface area contributed by atoms with Crippen molar-refractivity contribution < 1.29 is 28.5 Å². The summed E-state index contributed by atoms with van der Waals surface area (Å²) in [6, 6.07) is 10.6. The minimum Gasteiger partial charge on any atom is -0.493 e. The second-order valence-corrected chi connectivity index (χ2v) is 6.51. The van der Waals surface area contributed by atoms with Crippen LogP contribution >= 0.6 is 0 Å². The predicted octanol–water partition coefficient (Wildman–Crippen LogP) is 4.21. The zero-order chi connectivity index (χ0) is 20.6. The fraction of sp³-hybridized carbons (Fsp3) is 0.304. The van der Waals surface area contributed by atoms with E-state index in [1.165, 1.54) is 13.0 Å². The molecule has 29 heavy (non-hydrogen) atoms. The molecule has 152 valence electrons. The smallest absolute Gasteiger partial charge is 0.331 e. The van der Waals surface area contributed by atoms with Gasteiger partial charge in [-0.25, -0.2) is 4.79 Å². The first-order valence-electron chi connectivity index (χ1n) is 9.58. The number of fused-ring (bicyclic) bond motifs is 1. The zero-order valence-corrected chi connectivity index (χ0v) is 16.6. The lowest BCUT2D eigenvalue weighted by Gasteiger charge is -2.11. The van der Waals surface area contributed by atoms with E-state index in [9.17, 15) is 9.59 Å². The van der Waals surface area contributed by atoms with Crippen molar-refractivity contribution in [2.45, 2.75) is 26.9 Å². The first-order chi connectivity index (χ1) is 14.1. The van der Waals surface area contributed by atoms with E-state index in [0.717, 1.165) is 12.0 Å². The van der Waals surface area contributed by atoms with Crippen molar-refractivity contribution >= 4 is 17.8 Å². The highest BCUT2D eigenvalue weighted by molar-refractivity contribution is 5.94. The average molecular weight is 396 g/mol. The number of carbonyl (C=O) groups is 2. The summed E-state index contributed by atoms with van der Waals surface area (Å²) < 4.78 is 22.1. The molecule has 0 amide bonds. The van der Waals surface area contributed by atoms with Gasteiger partial charge in [-0.15, -0.1) is 0 Å². The predicted molar refractivity (Wildman–Crippen MR) is 108 cm³/mol. The van der Waals surface area contributed by atoms with Crippen molar-refractivity contribution in [2.75, 3.05) is 19.8 Å². The number of ether oxygens (including phenoxy) is 4. The van der Waals surface area contributed by atoms with Crippen molar-refractivity contribution in [1.82, 2.24) is 0 Å². The summed E-state index contributed by atoms with van der Waals surface area (Å²) in [6.45, 7) is 5.08. The van der Waals surface area contributed by atoms with Gasteiger partial charge in [0.15, 0.2) is 17.3 Å². The van der Waals surface area contributed by atoms with Crippen molar-refractivity contribution in [2.24, 2.45) is 0 Å². The molecule has 6 heteroatoms. The first kappa shape index (κ1) is 20.5. The van der Waals surface area contributed by atoms with Crippen LogP contribution in [0.4, 0.5) is 0 Å². The summed E-state index contributed by atoms with van der Waals surface area (Å²) in [5, 5.41) is 0. The molecule has 0 saturated carbocycles. The van der Waals surface area contributed by atoms with Crippen molar-refractivity contribution in [1.29, 1.82) is 0 Å². The molecule has 0 aromatic heterocycles. The summed E-state index contributed by atoms with van der Waals surface area (Å²) in [5.74, 6) is 1.41. The van der Waals surface area contributed by atoms with E-state index in [-0.39, 0.29) is 12.4 Å². The van der Waals surface area contributed by atoms with E-state index in [1.54, 1.807) is 24.3 Å². The Morgan fingerprint density at radius 1 is 1.07 bits per heavy atom. The van der Waals surface area contributed by atoms with Crippen LogP contribution < -0.4 is 14.2 Å². The monoisotopic (exact) mass is 396 g/mol. The third-order valence-corrected chi connectivity index (χ3v) is 4.32. The molecule has 0 fully saturated rings. The molecule has 1 aliphatic rings. The lowest BCUT2D eigenvalue weighted by Crippen LogP contribution is -2.05. The highest BCUT2D eigenvalue weighted by Gasteiger charge is 2.11. The second-order valence-electron chi connectivity index (χ2n) is 6.51. The van der Waals surface area contributed by atoms with Gasteiger partial charge in [-0.1, -0.05) is 6.07 Å². The van der Waals surface area contributed by atoms with Gasteiger partial charge in [0, 0.05) is 23.6 Å². The molecule has 2 aromatic rings. The van der Waals surface area contributed by atoms with Crippen LogP contribution in [-0.2, 0) is 16.1 Å². The first-order valence-corrected chi connectivity index (χ1v) is 9.58. The third kappa shape index (κ3) is 5.60. The molecule has 0 atom stereocenters. The molecular formula is C23H24O6. The highest BCUT2D eigenvalue weighted by Crippen LogP contribution is 2.30. The van der Waals surface area contributed by atoms with E-state index >= 15 is 0 Å². The van der Waals surface area contributed by atoms with Gasteiger partial charge in [0.25, 0.3) is 0 Å². The van der Waals surface area contributed by atoms with Gasteiger partial charge >= 0.3 is 5.97 Å². The van der Waals surface area contributed by atoms with Crippen molar-refractivity contribution in [3.8, 4) is 17.2 Å². The quantitative estimate of drug-likeness (QED) is 0.397. The Morgan fingerprint density at radius 2 is 1.86 bits per heavy atom. The summed E-state index contributed by atoms with van der Waals surface area (Å²) in [4.78, 5) is 23.8. The molecule has 0 saturated heterocycles. The number of esters is 1. The Labute approximate surface area is 170 Å². The van der Waals surface area contributed by atoms with Gasteiger partial charge in [-0.3, -0.25) is 4.79 Å². The van der Waals surface area contributed by atoms with Crippen LogP contribution in [-0.4, -0.2) is 31.6 Å². The largest absolute Gasteiger partial charge is 0.493 e. The minimum absolute atomic E-state index is 0.0146. The van der Waals surface area contributed by atoms with Crippen LogP contribution in [0.5, 0.6) is 17.2 Å². The molecule has 6 nitrogen and oxygen atoms in total. The van der Waals surface area contributed by atoms with Gasteiger partial charge < -0.3 is 18.9 Å². The highest BCUT2D eigenvalue weighted by atomic mass is 16.5. The van der Waals surface area contributed by atoms with Crippen LogP contribution in [0.25, 0.3) is 6.08 Å². The maximum absolute atomic E-state index is 12.1. The molecule has 1 heterocycles. The van der Waals surface area contributed by atoms with Crippen LogP contribution in [0, 0.1) is 0 Å². The molecule has 1 aliphatic heterocycles. The minimum atomic E-state index is -0.493. The Kier molecular flexibility index (Phi) is 6.89. The maximum atomic E-state index is 12.1. The number of ketones is 1. The Morgan fingerprint density at radius 3 is 2.62 bits per heavy atom. The standard InChI is InChI=1S/C23H24O6/c1-3-26-20-9-7-18(16(2)24)14-19(20)15-29-23(25)10-6-17-5-8-21-22(13-17)28-12-4-11-27-21/h5-10,13-14H,3-4,11-12,15H2,1-2H3/b10-6+. The van der Waals surface area contributed by atoms with E-state index < -0.39 is 5.97 Å². The number of hydrogen-bond acceptors (Lipinski definition) is 6. The Balaban J connectivity index is 1.64. The summed E-state index contributed by atoms with van der Waals surface area (Å²) in [5.41, 5.74) is 2.00. The van der Waals surface area contributed by atoms with Gasteiger partial charge in [-0.2, -0.15) is 0 Å². The van der Waals surface area contributed by atoms with Gasteiger partial charge in [0.2, 0.25) is 0 Å². The van der Waals surface area contributed by atoms with Crippen LogP contribution in [0.1, 0.15) is 41.8 Å². The third-order valence-electron chi connectivity index (χ3n) is 4.32. The van der Waals surface area contributed by atoms with Gasteiger partial charge in [-0.05, 0) is 55.8 Å². The lowest BCUT2D eigenvalue weighted by molar-refractivity contribution is -0.138. The normalized spacial score (nSPS) is 13.0.